The largest absolute Gasteiger partial charge is 0.311 e. The van der Waals surface area contributed by atoms with Crippen molar-refractivity contribution in [2.45, 2.75) is 13.0 Å². The van der Waals surface area contributed by atoms with Crippen molar-refractivity contribution in [1.29, 1.82) is 0 Å². The number of hydrogen-bond donors (Lipinski definition) is 1. The van der Waals surface area contributed by atoms with E-state index in [1.165, 1.54) is 4.68 Å². The second kappa shape index (κ2) is 6.66. The molecule has 2 aromatic heterocycles. The summed E-state index contributed by atoms with van der Waals surface area (Å²) < 4.78 is 2.02. The zero-order chi connectivity index (χ0) is 16.2. The quantitative estimate of drug-likeness (QED) is 0.754. The minimum absolute atomic E-state index is 0.102. The Bertz CT molecular complexity index is 908. The first-order chi connectivity index (χ1) is 11.1. The van der Waals surface area contributed by atoms with E-state index >= 15 is 0 Å². The van der Waals surface area contributed by atoms with Crippen molar-refractivity contribution in [2.24, 2.45) is 0 Å². The summed E-state index contributed by atoms with van der Waals surface area (Å²) in [6.07, 6.45) is 1.69. The Balaban J connectivity index is 1.68. The lowest BCUT2D eigenvalue weighted by molar-refractivity contribution is -0.116. The standard InChI is InChI=1S/C15H12BrN5O2/c16-10-5-6-13(17-9-10)18-14(22)7-8-21-15(23)11-3-1-2-4-12(11)19-20-21/h1-6,9H,7-8H2,(H,17,18,22). The van der Waals surface area contributed by atoms with Crippen molar-refractivity contribution in [3.05, 3.63) is 57.4 Å². The van der Waals surface area contributed by atoms with Crippen LogP contribution in [0, 0.1) is 0 Å². The summed E-state index contributed by atoms with van der Waals surface area (Å²) in [5.74, 6) is 0.205. The number of aromatic nitrogens is 4. The van der Waals surface area contributed by atoms with Crippen LogP contribution >= 0.6 is 15.9 Å². The number of anilines is 1. The van der Waals surface area contributed by atoms with Gasteiger partial charge in [0.25, 0.3) is 5.56 Å². The summed E-state index contributed by atoms with van der Waals surface area (Å²) in [4.78, 5) is 28.2. The summed E-state index contributed by atoms with van der Waals surface area (Å²) in [6.45, 7) is 0.152. The van der Waals surface area contributed by atoms with E-state index in [1.54, 1.807) is 42.6 Å². The molecular formula is C15H12BrN5O2. The van der Waals surface area contributed by atoms with Crippen LogP contribution in [0.1, 0.15) is 6.42 Å². The van der Waals surface area contributed by atoms with E-state index in [1.807, 2.05) is 0 Å². The molecule has 2 heterocycles. The first-order valence-corrected chi connectivity index (χ1v) is 7.67. The lowest BCUT2D eigenvalue weighted by Gasteiger charge is -2.06. The summed E-state index contributed by atoms with van der Waals surface area (Å²) in [5.41, 5.74) is 0.280. The molecule has 0 aliphatic carbocycles. The lowest BCUT2D eigenvalue weighted by atomic mass is 10.2. The molecule has 1 aromatic carbocycles. The number of nitrogens with one attached hydrogen (secondary N) is 1. The number of rotatable bonds is 4. The summed E-state index contributed by atoms with van der Waals surface area (Å²) in [6, 6.07) is 10.4. The molecule has 1 N–H and O–H groups in total. The second-order valence-electron chi connectivity index (χ2n) is 4.79. The van der Waals surface area contributed by atoms with E-state index in [0.29, 0.717) is 16.7 Å². The van der Waals surface area contributed by atoms with Crippen molar-refractivity contribution in [3.8, 4) is 0 Å². The van der Waals surface area contributed by atoms with Gasteiger partial charge >= 0.3 is 0 Å². The van der Waals surface area contributed by atoms with E-state index < -0.39 is 0 Å². The number of benzene rings is 1. The number of carbonyl (C=O) groups is 1. The molecule has 0 atom stereocenters. The molecule has 23 heavy (non-hydrogen) atoms. The number of fused-ring (bicyclic) bond motifs is 1. The van der Waals surface area contributed by atoms with Gasteiger partial charge in [0.15, 0.2) is 0 Å². The molecule has 3 rings (SSSR count). The number of amides is 1. The highest BCUT2D eigenvalue weighted by Crippen LogP contribution is 2.10. The van der Waals surface area contributed by atoms with Crippen LogP contribution in [0.4, 0.5) is 5.82 Å². The Labute approximate surface area is 139 Å². The summed E-state index contributed by atoms with van der Waals surface area (Å²) in [7, 11) is 0. The minimum Gasteiger partial charge on any atom is -0.311 e. The molecule has 0 bridgehead atoms. The third-order valence-corrected chi connectivity index (χ3v) is 3.64. The fourth-order valence-electron chi connectivity index (χ4n) is 2.03. The van der Waals surface area contributed by atoms with Gasteiger partial charge in [-0.15, -0.1) is 5.10 Å². The number of hydrogen-bond acceptors (Lipinski definition) is 5. The molecule has 0 radical (unpaired) electrons. The molecule has 0 fully saturated rings. The fourth-order valence-corrected chi connectivity index (χ4v) is 2.27. The van der Waals surface area contributed by atoms with Gasteiger partial charge in [0.1, 0.15) is 11.3 Å². The third kappa shape index (κ3) is 3.59. The number of aryl methyl sites for hydroxylation is 1. The molecule has 0 saturated carbocycles. The molecule has 116 valence electrons. The average Bonchev–Trinajstić information content (AvgIpc) is 2.57. The molecule has 1 amide bonds. The third-order valence-electron chi connectivity index (χ3n) is 3.17. The number of nitrogens with zero attached hydrogens (tertiary/aromatic N) is 4. The molecule has 0 unspecified atom stereocenters. The van der Waals surface area contributed by atoms with Crippen LogP contribution in [0.2, 0.25) is 0 Å². The highest BCUT2D eigenvalue weighted by atomic mass is 79.9. The first kappa shape index (κ1) is 15.3. The van der Waals surface area contributed by atoms with Gasteiger partial charge in [-0.2, -0.15) is 0 Å². The highest BCUT2D eigenvalue weighted by molar-refractivity contribution is 9.10. The fraction of sp³-hybridized carbons (Fsp3) is 0.133. The molecule has 7 nitrogen and oxygen atoms in total. The van der Waals surface area contributed by atoms with Crippen molar-refractivity contribution < 1.29 is 4.79 Å². The van der Waals surface area contributed by atoms with Gasteiger partial charge in [-0.3, -0.25) is 9.59 Å². The van der Waals surface area contributed by atoms with E-state index in [9.17, 15) is 9.59 Å². The summed E-state index contributed by atoms with van der Waals surface area (Å²) >= 11 is 3.27. The van der Waals surface area contributed by atoms with Gasteiger partial charge in [0.05, 0.1) is 11.9 Å². The normalized spacial score (nSPS) is 10.7. The monoisotopic (exact) mass is 373 g/mol. The molecule has 8 heteroatoms. The van der Waals surface area contributed by atoms with Crippen LogP contribution in [0.15, 0.2) is 51.9 Å². The van der Waals surface area contributed by atoms with Gasteiger partial charge < -0.3 is 5.32 Å². The van der Waals surface area contributed by atoms with Crippen molar-refractivity contribution in [3.63, 3.8) is 0 Å². The topological polar surface area (TPSA) is 89.8 Å². The predicted octanol–water partition coefficient (Wildman–Crippen LogP) is 1.98. The molecule has 0 aliphatic rings. The lowest BCUT2D eigenvalue weighted by Crippen LogP contribution is -2.26. The predicted molar refractivity (Wildman–Crippen MR) is 89.0 cm³/mol. The van der Waals surface area contributed by atoms with Crippen molar-refractivity contribution >= 4 is 38.6 Å². The SMILES string of the molecule is O=C(CCn1nnc2ccccc2c1=O)Nc1ccc(Br)cn1. The van der Waals surface area contributed by atoms with Gasteiger partial charge in [-0.25, -0.2) is 9.67 Å². The number of pyridine rings is 1. The van der Waals surface area contributed by atoms with Gasteiger partial charge in [-0.1, -0.05) is 17.3 Å². The number of carbonyl (C=O) groups excluding carboxylic acids is 1. The molecule has 0 aliphatic heterocycles. The minimum atomic E-state index is -0.259. The summed E-state index contributed by atoms with van der Waals surface area (Å²) in [5, 5.41) is 11.0. The highest BCUT2D eigenvalue weighted by Gasteiger charge is 2.08. The Kier molecular flexibility index (Phi) is 4.42. The maximum absolute atomic E-state index is 12.2. The van der Waals surface area contributed by atoms with Gasteiger partial charge in [-0.05, 0) is 40.2 Å². The Hall–Kier alpha value is -2.61. The molecule has 0 saturated heterocycles. The van der Waals surface area contributed by atoms with Crippen LogP contribution in [0.25, 0.3) is 10.9 Å². The average molecular weight is 374 g/mol. The van der Waals surface area contributed by atoms with E-state index in [2.05, 4.69) is 36.5 Å². The zero-order valence-electron chi connectivity index (χ0n) is 11.9. The smallest absolute Gasteiger partial charge is 0.277 e. The van der Waals surface area contributed by atoms with Crippen LogP contribution in [-0.4, -0.2) is 25.9 Å². The van der Waals surface area contributed by atoms with E-state index in [4.69, 9.17) is 0 Å². The van der Waals surface area contributed by atoms with E-state index in [-0.39, 0.29) is 24.4 Å². The van der Waals surface area contributed by atoms with Crippen LogP contribution in [0.3, 0.4) is 0 Å². The molecule has 3 aromatic rings. The molecular weight excluding hydrogens is 362 g/mol. The Morgan fingerprint density at radius 1 is 1.22 bits per heavy atom. The van der Waals surface area contributed by atoms with E-state index in [0.717, 1.165) is 4.47 Å². The second-order valence-corrected chi connectivity index (χ2v) is 5.71. The van der Waals surface area contributed by atoms with Crippen molar-refractivity contribution in [1.82, 2.24) is 20.0 Å². The number of halogens is 1. The first-order valence-electron chi connectivity index (χ1n) is 6.87. The Morgan fingerprint density at radius 3 is 2.83 bits per heavy atom. The zero-order valence-corrected chi connectivity index (χ0v) is 13.5. The van der Waals surface area contributed by atoms with Gasteiger partial charge in [0.2, 0.25) is 5.91 Å². The van der Waals surface area contributed by atoms with Crippen molar-refractivity contribution in [2.75, 3.05) is 5.32 Å². The Morgan fingerprint density at radius 2 is 2.04 bits per heavy atom. The van der Waals surface area contributed by atoms with Crippen LogP contribution in [-0.2, 0) is 11.3 Å². The van der Waals surface area contributed by atoms with Gasteiger partial charge in [0, 0.05) is 17.1 Å². The maximum Gasteiger partial charge on any atom is 0.277 e. The molecule has 0 spiro atoms. The van der Waals surface area contributed by atoms with Crippen LogP contribution in [0.5, 0.6) is 0 Å². The maximum atomic E-state index is 12.2. The van der Waals surface area contributed by atoms with Crippen LogP contribution < -0.4 is 10.9 Å².